The van der Waals surface area contributed by atoms with Crippen molar-refractivity contribution in [2.45, 2.75) is 0 Å². The summed E-state index contributed by atoms with van der Waals surface area (Å²) in [4.78, 5) is 13.6. The summed E-state index contributed by atoms with van der Waals surface area (Å²) in [5.74, 6) is 0. The normalized spacial score (nSPS) is 10.1. The van der Waals surface area contributed by atoms with E-state index < -0.39 is 0 Å². The van der Waals surface area contributed by atoms with Gasteiger partial charge >= 0.3 is 0 Å². The molecule has 0 spiro atoms. The molecule has 0 radical (unpaired) electrons. The van der Waals surface area contributed by atoms with Crippen LogP contribution < -0.4 is 0 Å². The molecule has 0 aliphatic heterocycles. The third kappa shape index (κ3) is 3.26. The molecule has 0 fully saturated rings. The molecule has 2 rings (SSSR count). The first kappa shape index (κ1) is 11.1. The average molecular weight is 221 g/mol. The van der Waals surface area contributed by atoms with Crippen molar-refractivity contribution in [1.82, 2.24) is 0 Å². The lowest BCUT2D eigenvalue weighted by atomic mass is 10.1. The van der Waals surface area contributed by atoms with Gasteiger partial charge in [-0.3, -0.25) is 0 Å². The zero-order valence-electron chi connectivity index (χ0n) is 9.21. The number of hydrogen-bond donors (Lipinski definition) is 0. The van der Waals surface area contributed by atoms with Gasteiger partial charge in [0.15, 0.2) is 0 Å². The molecule has 0 aromatic heterocycles. The minimum Gasteiger partial charge on any atom is -0.211 e. The van der Waals surface area contributed by atoms with Crippen LogP contribution in [0, 0.1) is 0 Å². The Balaban J connectivity index is 2.14. The van der Waals surface area contributed by atoms with Crippen LogP contribution >= 0.6 is 0 Å². The van der Waals surface area contributed by atoms with Crippen molar-refractivity contribution in [3.05, 3.63) is 65.7 Å². The van der Waals surface area contributed by atoms with Gasteiger partial charge in [0.2, 0.25) is 6.08 Å². The second kappa shape index (κ2) is 5.59. The van der Waals surface area contributed by atoms with Crippen molar-refractivity contribution in [1.29, 1.82) is 0 Å². The van der Waals surface area contributed by atoms with Gasteiger partial charge in [-0.2, -0.15) is 4.99 Å². The lowest BCUT2D eigenvalue weighted by molar-refractivity contribution is 0.565. The van der Waals surface area contributed by atoms with E-state index in [2.05, 4.69) is 4.99 Å². The topological polar surface area (TPSA) is 29.4 Å². The van der Waals surface area contributed by atoms with Crippen LogP contribution in [0.4, 0.5) is 5.69 Å². The van der Waals surface area contributed by atoms with Crippen LogP contribution in [0.2, 0.25) is 0 Å². The van der Waals surface area contributed by atoms with Crippen molar-refractivity contribution in [2.24, 2.45) is 4.99 Å². The van der Waals surface area contributed by atoms with Crippen molar-refractivity contribution in [3.8, 4) is 0 Å². The van der Waals surface area contributed by atoms with Gasteiger partial charge in [0.05, 0.1) is 5.69 Å². The molecule has 0 bridgehead atoms. The van der Waals surface area contributed by atoms with E-state index in [9.17, 15) is 4.79 Å². The standard InChI is InChI=1S/C15H11NO/c17-12-16-15-10-8-14(9-11-15)7-6-13-4-2-1-3-5-13/h1-11H/b7-6+. The Kier molecular flexibility index (Phi) is 3.64. The van der Waals surface area contributed by atoms with E-state index in [-0.39, 0.29) is 0 Å². The summed E-state index contributed by atoms with van der Waals surface area (Å²) >= 11 is 0. The lowest BCUT2D eigenvalue weighted by Gasteiger charge is -1.95. The third-order valence-corrected chi connectivity index (χ3v) is 2.34. The summed E-state index contributed by atoms with van der Waals surface area (Å²) in [5, 5.41) is 0. The Morgan fingerprint density at radius 1 is 0.824 bits per heavy atom. The fourth-order valence-electron chi connectivity index (χ4n) is 1.47. The van der Waals surface area contributed by atoms with Gasteiger partial charge in [-0.1, -0.05) is 54.6 Å². The third-order valence-electron chi connectivity index (χ3n) is 2.34. The van der Waals surface area contributed by atoms with E-state index in [1.54, 1.807) is 12.1 Å². The highest BCUT2D eigenvalue weighted by atomic mass is 16.1. The van der Waals surface area contributed by atoms with Crippen molar-refractivity contribution >= 4 is 23.9 Å². The number of carbonyl (C=O) groups excluding carboxylic acids is 1. The smallest absolute Gasteiger partial charge is 0.211 e. The summed E-state index contributed by atoms with van der Waals surface area (Å²) in [7, 11) is 0. The monoisotopic (exact) mass is 221 g/mol. The molecule has 0 atom stereocenters. The molecule has 0 amide bonds. The fraction of sp³-hybridized carbons (Fsp3) is 0. The molecule has 0 saturated heterocycles. The number of hydrogen-bond acceptors (Lipinski definition) is 2. The highest BCUT2D eigenvalue weighted by molar-refractivity contribution is 5.70. The van der Waals surface area contributed by atoms with E-state index in [0.29, 0.717) is 5.69 Å². The van der Waals surface area contributed by atoms with Gasteiger partial charge in [0, 0.05) is 0 Å². The minimum atomic E-state index is 0.622. The van der Waals surface area contributed by atoms with Crippen LogP contribution in [0.1, 0.15) is 11.1 Å². The Labute approximate surface area is 100.0 Å². The Bertz CT molecular complexity index is 549. The molecular formula is C15H11NO. The van der Waals surface area contributed by atoms with Crippen molar-refractivity contribution in [2.75, 3.05) is 0 Å². The fourth-order valence-corrected chi connectivity index (χ4v) is 1.47. The van der Waals surface area contributed by atoms with E-state index in [0.717, 1.165) is 11.1 Å². The van der Waals surface area contributed by atoms with Gasteiger partial charge in [0.1, 0.15) is 0 Å². The van der Waals surface area contributed by atoms with Crippen LogP contribution in [0.5, 0.6) is 0 Å². The molecule has 0 N–H and O–H groups in total. The SMILES string of the molecule is O=C=Nc1ccc(/C=C/c2ccccc2)cc1. The molecule has 2 aromatic rings. The Hall–Kier alpha value is -2.44. The summed E-state index contributed by atoms with van der Waals surface area (Å²) in [6, 6.07) is 17.5. The molecule has 82 valence electrons. The number of rotatable bonds is 3. The highest BCUT2D eigenvalue weighted by Crippen LogP contribution is 2.14. The van der Waals surface area contributed by atoms with Crippen molar-refractivity contribution < 1.29 is 4.79 Å². The lowest BCUT2D eigenvalue weighted by Crippen LogP contribution is -1.72. The van der Waals surface area contributed by atoms with Gasteiger partial charge in [0.25, 0.3) is 0 Å². The van der Waals surface area contributed by atoms with E-state index in [1.807, 2.05) is 54.6 Å². The predicted octanol–water partition coefficient (Wildman–Crippen LogP) is 3.82. The Morgan fingerprint density at radius 3 is 2.00 bits per heavy atom. The summed E-state index contributed by atoms with van der Waals surface area (Å²) in [5.41, 5.74) is 2.85. The molecule has 2 aromatic carbocycles. The maximum Gasteiger partial charge on any atom is 0.240 e. The molecular weight excluding hydrogens is 210 g/mol. The van der Waals surface area contributed by atoms with Gasteiger partial charge in [-0.05, 0) is 23.3 Å². The van der Waals surface area contributed by atoms with Gasteiger partial charge < -0.3 is 0 Å². The quantitative estimate of drug-likeness (QED) is 0.440. The van der Waals surface area contributed by atoms with Crippen LogP contribution in [-0.4, -0.2) is 6.08 Å². The molecule has 0 heterocycles. The second-order valence-electron chi connectivity index (χ2n) is 3.54. The summed E-state index contributed by atoms with van der Waals surface area (Å²) < 4.78 is 0. The summed E-state index contributed by atoms with van der Waals surface area (Å²) in [6.45, 7) is 0. The number of isocyanates is 1. The molecule has 0 aliphatic carbocycles. The predicted molar refractivity (Wildman–Crippen MR) is 69.6 cm³/mol. The molecule has 0 aliphatic rings. The molecule has 17 heavy (non-hydrogen) atoms. The van der Waals surface area contributed by atoms with Gasteiger partial charge in [-0.25, -0.2) is 4.79 Å². The zero-order valence-corrected chi connectivity index (χ0v) is 9.21. The first-order valence-electron chi connectivity index (χ1n) is 5.29. The molecule has 0 saturated carbocycles. The van der Waals surface area contributed by atoms with E-state index >= 15 is 0 Å². The maximum absolute atomic E-state index is 10.1. The first-order chi connectivity index (χ1) is 8.38. The minimum absolute atomic E-state index is 0.622. The van der Waals surface area contributed by atoms with Crippen LogP contribution in [0.25, 0.3) is 12.2 Å². The van der Waals surface area contributed by atoms with Crippen molar-refractivity contribution in [3.63, 3.8) is 0 Å². The molecule has 0 unspecified atom stereocenters. The molecule has 2 nitrogen and oxygen atoms in total. The van der Waals surface area contributed by atoms with Crippen LogP contribution in [-0.2, 0) is 4.79 Å². The second-order valence-corrected chi connectivity index (χ2v) is 3.54. The molecule has 2 heteroatoms. The van der Waals surface area contributed by atoms with Crippen LogP contribution in [0.15, 0.2) is 59.6 Å². The van der Waals surface area contributed by atoms with Crippen LogP contribution in [0.3, 0.4) is 0 Å². The average Bonchev–Trinajstić information content (AvgIpc) is 2.40. The number of nitrogens with zero attached hydrogens (tertiary/aromatic N) is 1. The number of aliphatic imine (C=N–C) groups is 1. The number of benzene rings is 2. The zero-order chi connectivity index (χ0) is 11.9. The van der Waals surface area contributed by atoms with E-state index in [1.165, 1.54) is 6.08 Å². The van der Waals surface area contributed by atoms with E-state index in [4.69, 9.17) is 0 Å². The summed E-state index contributed by atoms with van der Waals surface area (Å²) in [6.07, 6.45) is 5.58. The Morgan fingerprint density at radius 2 is 1.41 bits per heavy atom. The largest absolute Gasteiger partial charge is 0.240 e. The maximum atomic E-state index is 10.1. The van der Waals surface area contributed by atoms with Gasteiger partial charge in [-0.15, -0.1) is 0 Å². The first-order valence-corrected chi connectivity index (χ1v) is 5.29. The highest BCUT2D eigenvalue weighted by Gasteiger charge is 1.89.